The van der Waals surface area contributed by atoms with Gasteiger partial charge in [-0.3, -0.25) is 0 Å². The smallest absolute Gasteiger partial charge is 0.106 e. The summed E-state index contributed by atoms with van der Waals surface area (Å²) in [7, 11) is 0. The predicted octanol–water partition coefficient (Wildman–Crippen LogP) is 6.80. The Morgan fingerprint density at radius 3 is 1.62 bits per heavy atom. The molecule has 0 aliphatic rings. The SMILES string of the molecule is NCCC(O)(c1cccc(CCCCc2ccccc2)c1)C(N)CC(O)c1cccc(CCCCc2ccccc2)c1. The molecule has 4 aromatic rings. The van der Waals surface area contributed by atoms with Crippen LogP contribution in [0.5, 0.6) is 0 Å². The minimum atomic E-state index is -1.31. The number of aliphatic hydroxyl groups excluding tert-OH is 1. The van der Waals surface area contributed by atoms with Crippen LogP contribution in [0.2, 0.25) is 0 Å². The maximum Gasteiger partial charge on any atom is 0.106 e. The molecular formula is C38H48N2O2. The number of hydrogen-bond acceptors (Lipinski definition) is 4. The summed E-state index contributed by atoms with van der Waals surface area (Å²) in [5.41, 5.74) is 18.1. The van der Waals surface area contributed by atoms with Gasteiger partial charge in [0.05, 0.1) is 6.10 Å². The van der Waals surface area contributed by atoms with E-state index in [-0.39, 0.29) is 6.42 Å². The van der Waals surface area contributed by atoms with Crippen LogP contribution in [-0.4, -0.2) is 22.8 Å². The highest BCUT2D eigenvalue weighted by atomic mass is 16.3. The first kappa shape index (κ1) is 31.7. The summed E-state index contributed by atoms with van der Waals surface area (Å²) in [6.07, 6.45) is 8.25. The van der Waals surface area contributed by atoms with Gasteiger partial charge in [0.2, 0.25) is 0 Å². The molecule has 3 atom stereocenters. The molecule has 0 aliphatic heterocycles. The fourth-order valence-electron chi connectivity index (χ4n) is 5.89. The monoisotopic (exact) mass is 564 g/mol. The van der Waals surface area contributed by atoms with E-state index in [4.69, 9.17) is 11.5 Å². The molecule has 0 saturated heterocycles. The second-order valence-corrected chi connectivity index (χ2v) is 11.7. The number of unbranched alkanes of at least 4 members (excludes halogenated alkanes) is 2. The van der Waals surface area contributed by atoms with E-state index in [1.165, 1.54) is 22.3 Å². The number of nitrogens with two attached hydrogens (primary N) is 2. The summed E-state index contributed by atoms with van der Waals surface area (Å²) >= 11 is 0. The van der Waals surface area contributed by atoms with Crippen LogP contribution in [0.25, 0.3) is 0 Å². The van der Waals surface area contributed by atoms with Crippen LogP contribution in [0.4, 0.5) is 0 Å². The van der Waals surface area contributed by atoms with Crippen molar-refractivity contribution in [1.82, 2.24) is 0 Å². The van der Waals surface area contributed by atoms with Crippen molar-refractivity contribution < 1.29 is 10.2 Å². The summed E-state index contributed by atoms with van der Waals surface area (Å²) in [6, 6.07) is 36.7. The molecule has 6 N–H and O–H groups in total. The zero-order valence-electron chi connectivity index (χ0n) is 24.9. The maximum atomic E-state index is 11.9. The molecule has 0 spiro atoms. The summed E-state index contributed by atoms with van der Waals surface area (Å²) in [5, 5.41) is 23.1. The van der Waals surface area contributed by atoms with E-state index in [0.717, 1.165) is 62.5 Å². The molecule has 4 aromatic carbocycles. The number of rotatable bonds is 17. The van der Waals surface area contributed by atoms with Gasteiger partial charge < -0.3 is 21.7 Å². The second kappa shape index (κ2) is 16.4. The number of hydrogen-bond donors (Lipinski definition) is 4. The first-order valence-electron chi connectivity index (χ1n) is 15.6. The van der Waals surface area contributed by atoms with Crippen molar-refractivity contribution in [1.29, 1.82) is 0 Å². The molecule has 222 valence electrons. The van der Waals surface area contributed by atoms with E-state index in [1.54, 1.807) is 0 Å². The van der Waals surface area contributed by atoms with Crippen molar-refractivity contribution in [2.24, 2.45) is 11.5 Å². The summed E-state index contributed by atoms with van der Waals surface area (Å²) in [4.78, 5) is 0. The van der Waals surface area contributed by atoms with Crippen molar-refractivity contribution in [3.63, 3.8) is 0 Å². The van der Waals surface area contributed by atoms with Gasteiger partial charge in [-0.2, -0.15) is 0 Å². The molecule has 0 saturated carbocycles. The van der Waals surface area contributed by atoms with Gasteiger partial charge in [-0.05, 0) is 104 Å². The normalized spacial score (nSPS) is 14.3. The third-order valence-electron chi connectivity index (χ3n) is 8.43. The Hall–Kier alpha value is -3.28. The molecule has 4 rings (SSSR count). The van der Waals surface area contributed by atoms with Crippen LogP contribution in [0.1, 0.15) is 78.0 Å². The van der Waals surface area contributed by atoms with Gasteiger partial charge in [0, 0.05) is 6.04 Å². The van der Waals surface area contributed by atoms with E-state index in [0.29, 0.717) is 13.0 Å². The van der Waals surface area contributed by atoms with Crippen LogP contribution in [0, 0.1) is 0 Å². The average Bonchev–Trinajstić information content (AvgIpc) is 3.03. The van der Waals surface area contributed by atoms with Crippen LogP contribution in [-0.2, 0) is 31.3 Å². The Kier molecular flexibility index (Phi) is 12.3. The highest BCUT2D eigenvalue weighted by Crippen LogP contribution is 2.33. The molecule has 0 fully saturated rings. The largest absolute Gasteiger partial charge is 0.388 e. The fraction of sp³-hybridized carbons (Fsp3) is 0.368. The Labute approximate surface area is 252 Å². The summed E-state index contributed by atoms with van der Waals surface area (Å²) < 4.78 is 0. The van der Waals surface area contributed by atoms with Crippen LogP contribution in [0.15, 0.2) is 109 Å². The molecule has 0 amide bonds. The third kappa shape index (κ3) is 9.37. The topological polar surface area (TPSA) is 92.5 Å². The highest BCUT2D eigenvalue weighted by Gasteiger charge is 2.37. The van der Waals surface area contributed by atoms with Gasteiger partial charge in [0.1, 0.15) is 5.60 Å². The fourth-order valence-corrected chi connectivity index (χ4v) is 5.89. The van der Waals surface area contributed by atoms with E-state index < -0.39 is 17.7 Å². The van der Waals surface area contributed by atoms with Gasteiger partial charge in [-0.25, -0.2) is 0 Å². The average molecular weight is 565 g/mol. The Morgan fingerprint density at radius 1 is 0.595 bits per heavy atom. The first-order chi connectivity index (χ1) is 20.5. The van der Waals surface area contributed by atoms with E-state index in [1.807, 2.05) is 30.3 Å². The molecule has 3 unspecified atom stereocenters. The third-order valence-corrected chi connectivity index (χ3v) is 8.43. The predicted molar refractivity (Wildman–Crippen MR) is 174 cm³/mol. The van der Waals surface area contributed by atoms with E-state index in [9.17, 15) is 10.2 Å². The van der Waals surface area contributed by atoms with Gasteiger partial charge in [0.15, 0.2) is 0 Å². The second-order valence-electron chi connectivity index (χ2n) is 11.7. The van der Waals surface area contributed by atoms with Crippen LogP contribution >= 0.6 is 0 Å². The van der Waals surface area contributed by atoms with Crippen LogP contribution < -0.4 is 11.5 Å². The van der Waals surface area contributed by atoms with Gasteiger partial charge in [-0.1, -0.05) is 109 Å². The lowest BCUT2D eigenvalue weighted by Crippen LogP contribution is -2.47. The molecule has 4 nitrogen and oxygen atoms in total. The van der Waals surface area contributed by atoms with E-state index >= 15 is 0 Å². The summed E-state index contributed by atoms with van der Waals surface area (Å²) in [5.74, 6) is 0. The number of aryl methyl sites for hydroxylation is 4. The number of aliphatic hydroxyl groups is 2. The lowest BCUT2D eigenvalue weighted by Gasteiger charge is -2.36. The molecule has 4 heteroatoms. The van der Waals surface area contributed by atoms with Crippen molar-refractivity contribution in [2.45, 2.75) is 82.0 Å². The zero-order valence-corrected chi connectivity index (χ0v) is 24.9. The molecule has 0 aromatic heterocycles. The minimum Gasteiger partial charge on any atom is -0.388 e. The molecule has 42 heavy (non-hydrogen) atoms. The van der Waals surface area contributed by atoms with Crippen molar-refractivity contribution in [3.05, 3.63) is 143 Å². The van der Waals surface area contributed by atoms with Crippen molar-refractivity contribution in [3.8, 4) is 0 Å². The minimum absolute atomic E-state index is 0.245. The van der Waals surface area contributed by atoms with Gasteiger partial charge >= 0.3 is 0 Å². The maximum absolute atomic E-state index is 11.9. The summed E-state index contributed by atoms with van der Waals surface area (Å²) in [6.45, 7) is 0.306. The molecule has 0 bridgehead atoms. The lowest BCUT2D eigenvalue weighted by atomic mass is 9.80. The zero-order chi connectivity index (χ0) is 29.6. The molecule has 0 heterocycles. The van der Waals surface area contributed by atoms with Crippen LogP contribution in [0.3, 0.4) is 0 Å². The van der Waals surface area contributed by atoms with Crippen molar-refractivity contribution >= 4 is 0 Å². The quantitative estimate of drug-likeness (QED) is 0.106. The highest BCUT2D eigenvalue weighted by molar-refractivity contribution is 5.31. The standard InChI is InChI=1S/C38H48N2O2/c39-26-25-38(42,35-24-12-22-33(28-35)20-10-8-18-31-15-5-2-6-16-31)37(40)29-36(41)34-23-11-21-32(27-34)19-9-7-17-30-13-3-1-4-14-30/h1-6,11-16,21-24,27-28,36-37,41-42H,7-10,17-20,25-26,29,39-40H2. The molecule has 0 radical (unpaired) electrons. The Morgan fingerprint density at radius 2 is 1.07 bits per heavy atom. The van der Waals surface area contributed by atoms with Crippen molar-refractivity contribution in [2.75, 3.05) is 6.54 Å². The van der Waals surface area contributed by atoms with Gasteiger partial charge in [0.25, 0.3) is 0 Å². The first-order valence-corrected chi connectivity index (χ1v) is 15.6. The number of benzene rings is 4. The molecular weight excluding hydrogens is 516 g/mol. The van der Waals surface area contributed by atoms with Gasteiger partial charge in [-0.15, -0.1) is 0 Å². The molecule has 0 aliphatic carbocycles. The Balaban J connectivity index is 1.33. The van der Waals surface area contributed by atoms with E-state index in [2.05, 4.69) is 78.9 Å². The Bertz CT molecular complexity index is 1330. The lowest BCUT2D eigenvalue weighted by molar-refractivity contribution is -0.0136.